The van der Waals surface area contributed by atoms with E-state index in [9.17, 15) is 9.46 Å². The number of benzene rings is 2. The third-order valence-corrected chi connectivity index (χ3v) is 9.81. The molecule has 4 aromatic rings. The number of ether oxygens (including phenoxy) is 2. The number of rotatable bonds is 12. The fourth-order valence-corrected chi connectivity index (χ4v) is 7.55. The molecule has 1 saturated heterocycles. The molecule has 0 spiro atoms. The van der Waals surface area contributed by atoms with Gasteiger partial charge in [0.25, 0.3) is 7.82 Å². The molecule has 0 saturated carbocycles. The summed E-state index contributed by atoms with van der Waals surface area (Å²) in [6.07, 6.45) is 1.69. The van der Waals surface area contributed by atoms with Crippen LogP contribution in [0.5, 0.6) is 11.6 Å². The van der Waals surface area contributed by atoms with Crippen LogP contribution in [-0.2, 0) is 13.6 Å². The molecule has 3 heterocycles. The summed E-state index contributed by atoms with van der Waals surface area (Å²) in [5.41, 5.74) is 0.880. The van der Waals surface area contributed by atoms with Gasteiger partial charge in [0.15, 0.2) is 6.73 Å². The largest absolute Gasteiger partial charge is 0.756 e. The van der Waals surface area contributed by atoms with Crippen molar-refractivity contribution in [2.75, 3.05) is 51.0 Å². The van der Waals surface area contributed by atoms with Gasteiger partial charge >= 0.3 is 0 Å². The second-order valence-corrected chi connectivity index (χ2v) is 16.1. The van der Waals surface area contributed by atoms with Gasteiger partial charge in [-0.3, -0.25) is 13.6 Å². The molecule has 1 atom stereocenters. The minimum absolute atomic E-state index is 0.0590. The molecule has 9 nitrogen and oxygen atoms in total. The minimum Gasteiger partial charge on any atom is -0.756 e. The third-order valence-electron chi connectivity index (χ3n) is 7.72. The number of thiophene rings is 1. The third kappa shape index (κ3) is 9.41. The molecule has 1 aliphatic heterocycles. The highest BCUT2D eigenvalue weighted by molar-refractivity contribution is 7.45. The van der Waals surface area contributed by atoms with E-state index in [-0.39, 0.29) is 12.3 Å². The topological polar surface area (TPSA) is 93.2 Å². The van der Waals surface area contributed by atoms with Gasteiger partial charge in [0.1, 0.15) is 11.4 Å². The van der Waals surface area contributed by atoms with E-state index in [2.05, 4.69) is 39.5 Å². The van der Waals surface area contributed by atoms with Crippen molar-refractivity contribution in [2.45, 2.75) is 65.6 Å². The number of phosphoric ester groups is 1. The lowest BCUT2D eigenvalue weighted by Crippen LogP contribution is -2.61. The lowest BCUT2D eigenvalue weighted by atomic mass is 10.1. The molecule has 0 aliphatic carbocycles. The number of piperazine rings is 1. The maximum atomic E-state index is 12.7. The standard InChI is InChI=1S/C34H46N3O6PS/c1-33(2,3)42-32-15-13-26-12-14-27(24-29(26)35-32)40-22-8-7-19-37(25-41-44(38,39)43-34(4,5)6)20-17-36(18-21-37)30-10-9-11-31-28(30)16-23-45-31/h9-16,23-24H,7-8,17-22,25H2,1-6H3. The van der Waals surface area contributed by atoms with Gasteiger partial charge in [-0.05, 0) is 96.2 Å². The van der Waals surface area contributed by atoms with Crippen molar-refractivity contribution in [3.8, 4) is 11.6 Å². The van der Waals surface area contributed by atoms with Gasteiger partial charge in [-0.25, -0.2) is 4.98 Å². The Morgan fingerprint density at radius 3 is 2.47 bits per heavy atom. The molecule has 2 aromatic carbocycles. The SMILES string of the molecule is CC(C)(C)Oc1ccc2ccc(OCCCC[N+]3(COP(=O)([O-])OC(C)(C)C)CCN(c4cccc5sccc45)CC3)cc2n1. The van der Waals surface area contributed by atoms with Crippen LogP contribution in [0, 0.1) is 0 Å². The summed E-state index contributed by atoms with van der Waals surface area (Å²) in [5, 5.41) is 4.42. The fraction of sp³-hybridized carbons (Fsp3) is 0.500. The summed E-state index contributed by atoms with van der Waals surface area (Å²) >= 11 is 1.75. The molecule has 0 bridgehead atoms. The number of fused-ring (bicyclic) bond motifs is 2. The Bertz CT molecular complexity index is 1640. The van der Waals surface area contributed by atoms with Crippen molar-refractivity contribution < 1.29 is 32.5 Å². The van der Waals surface area contributed by atoms with E-state index in [0.29, 0.717) is 17.0 Å². The highest BCUT2D eigenvalue weighted by Crippen LogP contribution is 2.44. The first kappa shape index (κ1) is 33.6. The maximum absolute atomic E-state index is 12.7. The summed E-state index contributed by atoms with van der Waals surface area (Å²) in [6, 6.07) is 18.4. The second kappa shape index (κ2) is 13.6. The van der Waals surface area contributed by atoms with Crippen molar-refractivity contribution >= 4 is 45.8 Å². The Kier molecular flexibility index (Phi) is 10.1. The summed E-state index contributed by atoms with van der Waals surface area (Å²) in [6.45, 7) is 15.7. The van der Waals surface area contributed by atoms with Gasteiger partial charge < -0.3 is 23.8 Å². The molecule has 0 N–H and O–H groups in total. The van der Waals surface area contributed by atoms with E-state index in [1.165, 1.54) is 15.8 Å². The number of pyridine rings is 1. The van der Waals surface area contributed by atoms with E-state index >= 15 is 0 Å². The van der Waals surface area contributed by atoms with Gasteiger partial charge in [-0.2, -0.15) is 0 Å². The highest BCUT2D eigenvalue weighted by atomic mass is 32.1. The van der Waals surface area contributed by atoms with Crippen LogP contribution in [-0.4, -0.2) is 66.7 Å². The van der Waals surface area contributed by atoms with Gasteiger partial charge in [0.2, 0.25) is 5.88 Å². The lowest BCUT2D eigenvalue weighted by Gasteiger charge is -2.46. The van der Waals surface area contributed by atoms with Gasteiger partial charge in [0.05, 0.1) is 50.4 Å². The molecule has 0 amide bonds. The van der Waals surface area contributed by atoms with Crippen LogP contribution in [0.4, 0.5) is 5.69 Å². The molecule has 244 valence electrons. The van der Waals surface area contributed by atoms with Crippen LogP contribution in [0.2, 0.25) is 0 Å². The molecule has 11 heteroatoms. The van der Waals surface area contributed by atoms with Gasteiger partial charge in [-0.15, -0.1) is 11.3 Å². The summed E-state index contributed by atoms with van der Waals surface area (Å²) in [4.78, 5) is 19.7. The molecule has 45 heavy (non-hydrogen) atoms. The highest BCUT2D eigenvalue weighted by Gasteiger charge is 2.35. The van der Waals surface area contributed by atoms with Crippen molar-refractivity contribution in [2.24, 2.45) is 0 Å². The number of unbranched alkanes of at least 4 members (excludes halogenated alkanes) is 1. The first-order valence-corrected chi connectivity index (χ1v) is 18.0. The Balaban J connectivity index is 1.20. The number of phosphoric acid groups is 1. The minimum atomic E-state index is -4.46. The Labute approximate surface area is 270 Å². The molecule has 1 aliphatic rings. The van der Waals surface area contributed by atoms with Gasteiger partial charge in [-0.1, -0.05) is 6.07 Å². The Morgan fingerprint density at radius 2 is 1.73 bits per heavy atom. The first-order valence-electron chi connectivity index (χ1n) is 15.6. The van der Waals surface area contributed by atoms with Crippen LogP contribution in [0.1, 0.15) is 54.4 Å². The summed E-state index contributed by atoms with van der Waals surface area (Å²) < 4.78 is 37.4. The van der Waals surface area contributed by atoms with Crippen LogP contribution < -0.4 is 19.3 Å². The normalized spacial score (nSPS) is 17.0. The van der Waals surface area contributed by atoms with Crippen molar-refractivity contribution in [1.29, 1.82) is 0 Å². The van der Waals surface area contributed by atoms with Gasteiger partial charge in [0, 0.05) is 33.3 Å². The summed E-state index contributed by atoms with van der Waals surface area (Å²) in [7, 11) is -4.46. The van der Waals surface area contributed by atoms with Crippen molar-refractivity contribution in [3.63, 3.8) is 0 Å². The average Bonchev–Trinajstić information content (AvgIpc) is 3.44. The van der Waals surface area contributed by atoms with Crippen LogP contribution >= 0.6 is 19.2 Å². The predicted molar refractivity (Wildman–Crippen MR) is 180 cm³/mol. The Hall–Kier alpha value is -2.72. The predicted octanol–water partition coefficient (Wildman–Crippen LogP) is 7.38. The van der Waals surface area contributed by atoms with Crippen molar-refractivity contribution in [1.82, 2.24) is 4.98 Å². The molecule has 0 radical (unpaired) electrons. The summed E-state index contributed by atoms with van der Waals surface area (Å²) in [5.74, 6) is 1.35. The molecular weight excluding hydrogens is 609 g/mol. The molecule has 1 fully saturated rings. The molecular formula is C34H46N3O6PS. The Morgan fingerprint density at radius 1 is 0.978 bits per heavy atom. The number of hydrogen-bond acceptors (Lipinski definition) is 9. The fourth-order valence-electron chi connectivity index (χ4n) is 5.63. The molecule has 1 unspecified atom stereocenters. The van der Waals surface area contributed by atoms with Crippen molar-refractivity contribution in [3.05, 3.63) is 60.0 Å². The van der Waals surface area contributed by atoms with Crippen LogP contribution in [0.25, 0.3) is 21.0 Å². The number of quaternary nitrogens is 1. The number of aromatic nitrogens is 1. The number of anilines is 1. The number of nitrogens with zero attached hydrogens (tertiary/aromatic N) is 3. The molecule has 2 aromatic heterocycles. The smallest absolute Gasteiger partial charge is 0.272 e. The monoisotopic (exact) mass is 655 g/mol. The van der Waals surface area contributed by atoms with E-state index in [1.54, 1.807) is 32.1 Å². The first-order chi connectivity index (χ1) is 21.2. The second-order valence-electron chi connectivity index (χ2n) is 13.8. The van der Waals surface area contributed by atoms with E-state index in [4.69, 9.17) is 18.5 Å². The maximum Gasteiger partial charge on any atom is 0.272 e. The molecule has 5 rings (SSSR count). The van der Waals surface area contributed by atoms with E-state index < -0.39 is 13.4 Å². The number of hydrogen-bond donors (Lipinski definition) is 0. The van der Waals surface area contributed by atoms with E-state index in [0.717, 1.165) is 62.2 Å². The quantitative estimate of drug-likeness (QED) is 0.0887. The zero-order valence-corrected chi connectivity index (χ0v) is 29.0. The zero-order chi connectivity index (χ0) is 32.3. The van der Waals surface area contributed by atoms with E-state index in [1.807, 2.05) is 51.1 Å². The average molecular weight is 656 g/mol. The zero-order valence-electron chi connectivity index (χ0n) is 27.3. The van der Waals surface area contributed by atoms with Crippen LogP contribution in [0.3, 0.4) is 0 Å². The lowest BCUT2D eigenvalue weighted by molar-refractivity contribution is -0.943. The van der Waals surface area contributed by atoms with Crippen LogP contribution in [0.15, 0.2) is 60.0 Å².